The first-order valence-corrected chi connectivity index (χ1v) is 6.97. The molecule has 0 aliphatic carbocycles. The number of piperidine rings is 1. The zero-order valence-electron chi connectivity index (χ0n) is 11.7. The summed E-state index contributed by atoms with van der Waals surface area (Å²) in [6.45, 7) is 3.26. The van der Waals surface area contributed by atoms with Gasteiger partial charge in [-0.25, -0.2) is 0 Å². The van der Waals surface area contributed by atoms with Crippen molar-refractivity contribution in [2.75, 3.05) is 18.4 Å². The van der Waals surface area contributed by atoms with Crippen LogP contribution in [-0.4, -0.2) is 35.8 Å². The Bertz CT molecular complexity index is 475. The van der Waals surface area contributed by atoms with Gasteiger partial charge < -0.3 is 11.1 Å². The fourth-order valence-corrected chi connectivity index (χ4v) is 2.52. The summed E-state index contributed by atoms with van der Waals surface area (Å²) < 4.78 is 0. The summed E-state index contributed by atoms with van der Waals surface area (Å²) in [7, 11) is 0. The summed E-state index contributed by atoms with van der Waals surface area (Å²) in [5.41, 5.74) is 6.15. The van der Waals surface area contributed by atoms with Crippen LogP contribution in [0, 0.1) is 5.92 Å². The molecule has 0 aromatic heterocycles. The fraction of sp³-hybridized carbons (Fsp3) is 0.467. The molecule has 108 valence electrons. The second-order valence-electron chi connectivity index (χ2n) is 5.27. The lowest BCUT2D eigenvalue weighted by Crippen LogP contribution is -2.49. The summed E-state index contributed by atoms with van der Waals surface area (Å²) in [4.78, 5) is 25.5. The molecule has 1 aromatic rings. The van der Waals surface area contributed by atoms with Gasteiger partial charge in [0.05, 0.1) is 12.0 Å². The predicted molar refractivity (Wildman–Crippen MR) is 78.0 cm³/mol. The van der Waals surface area contributed by atoms with Crippen LogP contribution in [0.2, 0.25) is 0 Å². The Morgan fingerprint density at radius 1 is 1.35 bits per heavy atom. The molecule has 0 saturated carbocycles. The molecule has 1 aliphatic rings. The molecule has 5 nitrogen and oxygen atoms in total. The number of para-hydroxylation sites is 1. The number of hydrogen-bond donors (Lipinski definition) is 2. The molecule has 5 heteroatoms. The largest absolute Gasteiger partial charge is 0.369 e. The number of likely N-dealkylation sites (tertiary alicyclic amines) is 1. The lowest BCUT2D eigenvalue weighted by Gasteiger charge is -2.34. The fourth-order valence-electron chi connectivity index (χ4n) is 2.52. The van der Waals surface area contributed by atoms with Gasteiger partial charge in [0.2, 0.25) is 11.8 Å². The standard InChI is InChI=1S/C15H21N3O2/c1-11(15(20)17-13-7-3-2-4-8-13)18-9-5-6-12(10-18)14(16)19/h2-4,7-8,11-12H,5-6,9-10H2,1H3,(H2,16,19)(H,17,20)/t11-,12-/m1/s1. The smallest absolute Gasteiger partial charge is 0.241 e. The van der Waals surface area contributed by atoms with Gasteiger partial charge in [0.1, 0.15) is 0 Å². The molecule has 0 radical (unpaired) electrons. The highest BCUT2D eigenvalue weighted by molar-refractivity contribution is 5.94. The van der Waals surface area contributed by atoms with Crippen molar-refractivity contribution in [1.29, 1.82) is 0 Å². The van der Waals surface area contributed by atoms with E-state index in [1.54, 1.807) is 0 Å². The highest BCUT2D eigenvalue weighted by atomic mass is 16.2. The van der Waals surface area contributed by atoms with E-state index in [2.05, 4.69) is 5.32 Å². The van der Waals surface area contributed by atoms with Gasteiger partial charge in [-0.05, 0) is 38.4 Å². The number of nitrogens with one attached hydrogen (secondary N) is 1. The number of carbonyl (C=O) groups is 2. The van der Waals surface area contributed by atoms with Gasteiger partial charge in [-0.3, -0.25) is 14.5 Å². The molecule has 1 aliphatic heterocycles. The highest BCUT2D eigenvalue weighted by Crippen LogP contribution is 2.19. The van der Waals surface area contributed by atoms with Crippen molar-refractivity contribution in [3.63, 3.8) is 0 Å². The Balaban J connectivity index is 1.94. The van der Waals surface area contributed by atoms with Crippen LogP contribution in [0.3, 0.4) is 0 Å². The molecule has 1 aromatic carbocycles. The number of amides is 2. The zero-order chi connectivity index (χ0) is 14.5. The third-order valence-corrected chi connectivity index (χ3v) is 3.82. The second-order valence-corrected chi connectivity index (χ2v) is 5.27. The van der Waals surface area contributed by atoms with E-state index in [4.69, 9.17) is 5.73 Å². The van der Waals surface area contributed by atoms with Crippen molar-refractivity contribution in [1.82, 2.24) is 4.90 Å². The SMILES string of the molecule is C[C@H](C(=O)Nc1ccccc1)N1CCC[C@@H](C(N)=O)C1. The van der Waals surface area contributed by atoms with Gasteiger partial charge >= 0.3 is 0 Å². The van der Waals surface area contributed by atoms with Crippen molar-refractivity contribution >= 4 is 17.5 Å². The van der Waals surface area contributed by atoms with Crippen LogP contribution in [0.4, 0.5) is 5.69 Å². The molecule has 0 spiro atoms. The molecule has 0 bridgehead atoms. The number of hydrogen-bond acceptors (Lipinski definition) is 3. The van der Waals surface area contributed by atoms with Gasteiger partial charge in [-0.1, -0.05) is 18.2 Å². The summed E-state index contributed by atoms with van der Waals surface area (Å²) in [5, 5.41) is 2.89. The lowest BCUT2D eigenvalue weighted by molar-refractivity contribution is -0.127. The number of primary amides is 1. The van der Waals surface area contributed by atoms with Gasteiger partial charge in [-0.15, -0.1) is 0 Å². The second kappa shape index (κ2) is 6.52. The van der Waals surface area contributed by atoms with E-state index in [0.717, 1.165) is 25.1 Å². The van der Waals surface area contributed by atoms with Gasteiger partial charge in [0.25, 0.3) is 0 Å². The number of carbonyl (C=O) groups excluding carboxylic acids is 2. The number of nitrogens with zero attached hydrogens (tertiary/aromatic N) is 1. The summed E-state index contributed by atoms with van der Waals surface area (Å²) in [6.07, 6.45) is 1.72. The molecule has 1 saturated heterocycles. The molecule has 2 atom stereocenters. The van der Waals surface area contributed by atoms with Crippen LogP contribution in [0.15, 0.2) is 30.3 Å². The Morgan fingerprint density at radius 2 is 2.05 bits per heavy atom. The van der Waals surface area contributed by atoms with Gasteiger partial charge in [0, 0.05) is 12.2 Å². The van der Waals surface area contributed by atoms with Crippen molar-refractivity contribution < 1.29 is 9.59 Å². The first-order chi connectivity index (χ1) is 9.58. The number of anilines is 1. The Kier molecular flexibility index (Phi) is 4.74. The molecule has 2 amide bonds. The lowest BCUT2D eigenvalue weighted by atomic mass is 9.96. The van der Waals surface area contributed by atoms with E-state index in [-0.39, 0.29) is 23.8 Å². The van der Waals surface area contributed by atoms with Gasteiger partial charge in [-0.2, -0.15) is 0 Å². The van der Waals surface area contributed by atoms with Crippen molar-refractivity contribution in [3.05, 3.63) is 30.3 Å². The zero-order valence-corrected chi connectivity index (χ0v) is 11.7. The third kappa shape index (κ3) is 3.57. The topological polar surface area (TPSA) is 75.4 Å². The molecule has 1 fully saturated rings. The maximum atomic E-state index is 12.2. The van der Waals surface area contributed by atoms with Crippen LogP contribution >= 0.6 is 0 Å². The minimum atomic E-state index is -0.273. The average molecular weight is 275 g/mol. The molecule has 0 unspecified atom stereocenters. The maximum Gasteiger partial charge on any atom is 0.241 e. The van der Waals surface area contributed by atoms with Crippen LogP contribution in [-0.2, 0) is 9.59 Å². The quantitative estimate of drug-likeness (QED) is 0.867. The van der Waals surface area contributed by atoms with E-state index >= 15 is 0 Å². The average Bonchev–Trinajstić information content (AvgIpc) is 2.47. The van der Waals surface area contributed by atoms with Crippen molar-refractivity contribution in [2.45, 2.75) is 25.8 Å². The first-order valence-electron chi connectivity index (χ1n) is 6.97. The minimum Gasteiger partial charge on any atom is -0.369 e. The number of nitrogens with two attached hydrogens (primary N) is 1. The van der Waals surface area contributed by atoms with Crippen LogP contribution < -0.4 is 11.1 Å². The van der Waals surface area contributed by atoms with Crippen molar-refractivity contribution in [2.24, 2.45) is 11.7 Å². The third-order valence-electron chi connectivity index (χ3n) is 3.82. The van der Waals surface area contributed by atoms with E-state index in [1.165, 1.54) is 0 Å². The number of benzene rings is 1. The minimum absolute atomic E-state index is 0.0543. The predicted octanol–water partition coefficient (Wildman–Crippen LogP) is 1.21. The highest BCUT2D eigenvalue weighted by Gasteiger charge is 2.29. The molecule has 3 N–H and O–H groups in total. The van der Waals surface area contributed by atoms with Crippen LogP contribution in [0.25, 0.3) is 0 Å². The maximum absolute atomic E-state index is 12.2. The van der Waals surface area contributed by atoms with Gasteiger partial charge in [0.15, 0.2) is 0 Å². The van der Waals surface area contributed by atoms with Crippen LogP contribution in [0.1, 0.15) is 19.8 Å². The first kappa shape index (κ1) is 14.5. The molecule has 20 heavy (non-hydrogen) atoms. The van der Waals surface area contributed by atoms with Crippen molar-refractivity contribution in [3.8, 4) is 0 Å². The van der Waals surface area contributed by atoms with E-state index in [0.29, 0.717) is 6.54 Å². The summed E-state index contributed by atoms with van der Waals surface area (Å²) >= 11 is 0. The van der Waals surface area contributed by atoms with E-state index < -0.39 is 0 Å². The molecule has 2 rings (SSSR count). The van der Waals surface area contributed by atoms with E-state index in [9.17, 15) is 9.59 Å². The Labute approximate surface area is 119 Å². The number of rotatable bonds is 4. The normalized spacial score (nSPS) is 21.1. The Hall–Kier alpha value is -1.88. The molecule has 1 heterocycles. The Morgan fingerprint density at radius 3 is 2.70 bits per heavy atom. The molecular weight excluding hydrogens is 254 g/mol. The van der Waals surface area contributed by atoms with E-state index in [1.807, 2.05) is 42.2 Å². The summed E-state index contributed by atoms with van der Waals surface area (Å²) in [6, 6.07) is 9.10. The van der Waals surface area contributed by atoms with Crippen LogP contribution in [0.5, 0.6) is 0 Å². The monoisotopic (exact) mass is 275 g/mol. The summed E-state index contributed by atoms with van der Waals surface area (Å²) in [5.74, 6) is -0.470. The molecular formula is C15H21N3O2.